The Labute approximate surface area is 81.9 Å². The largest absolute Gasteiger partial charge is 0.480 e. The highest BCUT2D eigenvalue weighted by molar-refractivity contribution is 5.79. The molecule has 0 bridgehead atoms. The van der Waals surface area contributed by atoms with Crippen LogP contribution in [0.2, 0.25) is 0 Å². The minimum atomic E-state index is -1.00. The maximum Gasteiger partial charge on any atom is 0.320 e. The zero-order chi connectivity index (χ0) is 11.0. The Morgan fingerprint density at radius 1 is 1.57 bits per heavy atom. The summed E-state index contributed by atoms with van der Waals surface area (Å²) in [5.41, 5.74) is 0. The number of carboxylic acids is 1. The van der Waals surface area contributed by atoms with Crippen LogP contribution in [0.5, 0.6) is 0 Å². The third-order valence-electron chi connectivity index (χ3n) is 1.50. The summed E-state index contributed by atoms with van der Waals surface area (Å²) in [6.07, 6.45) is 0.250. The van der Waals surface area contributed by atoms with Gasteiger partial charge in [0.2, 0.25) is 5.91 Å². The highest BCUT2D eigenvalue weighted by Crippen LogP contribution is 1.79. The van der Waals surface area contributed by atoms with Gasteiger partial charge >= 0.3 is 5.97 Å². The minimum absolute atomic E-state index is 0.0567. The molecule has 0 aromatic carbocycles. The molecule has 0 aliphatic carbocycles. The molecule has 0 saturated heterocycles. The second-order valence-corrected chi connectivity index (χ2v) is 2.70. The van der Waals surface area contributed by atoms with Gasteiger partial charge in [0, 0.05) is 6.54 Å². The van der Waals surface area contributed by atoms with E-state index in [0.717, 1.165) is 0 Å². The molecule has 0 saturated carbocycles. The lowest BCUT2D eigenvalue weighted by molar-refractivity contribution is -0.139. The van der Waals surface area contributed by atoms with Gasteiger partial charge in [-0.15, -0.1) is 0 Å². The van der Waals surface area contributed by atoms with Crippen LogP contribution < -0.4 is 10.6 Å². The first-order valence-electron chi connectivity index (χ1n) is 4.17. The molecule has 6 nitrogen and oxygen atoms in total. The fourth-order valence-corrected chi connectivity index (χ4v) is 0.653. The summed E-state index contributed by atoms with van der Waals surface area (Å²) in [4.78, 5) is 21.3. The quantitative estimate of drug-likeness (QED) is 0.480. The van der Waals surface area contributed by atoms with Crippen molar-refractivity contribution in [3.8, 4) is 6.07 Å². The van der Waals surface area contributed by atoms with Crippen LogP contribution in [0.15, 0.2) is 0 Å². The van der Waals surface area contributed by atoms with Gasteiger partial charge in [0.1, 0.15) is 6.04 Å². The Balaban J connectivity index is 3.54. The number of rotatable bonds is 6. The number of hydrogen-bond acceptors (Lipinski definition) is 4. The molecule has 0 unspecified atom stereocenters. The molecule has 0 radical (unpaired) electrons. The van der Waals surface area contributed by atoms with E-state index in [0.29, 0.717) is 6.54 Å². The van der Waals surface area contributed by atoms with Gasteiger partial charge in [-0.1, -0.05) is 0 Å². The number of hydrogen-bond donors (Lipinski definition) is 3. The van der Waals surface area contributed by atoms with Crippen LogP contribution in [0.4, 0.5) is 0 Å². The molecule has 0 heterocycles. The van der Waals surface area contributed by atoms with Crippen LogP contribution in [-0.4, -0.2) is 36.1 Å². The van der Waals surface area contributed by atoms with Crippen molar-refractivity contribution in [2.45, 2.75) is 19.4 Å². The third kappa shape index (κ3) is 5.97. The van der Waals surface area contributed by atoms with E-state index in [1.807, 2.05) is 6.07 Å². The third-order valence-corrected chi connectivity index (χ3v) is 1.50. The lowest BCUT2D eigenvalue weighted by Gasteiger charge is -2.08. The molecule has 0 aliphatic rings. The van der Waals surface area contributed by atoms with E-state index < -0.39 is 12.0 Å². The zero-order valence-electron chi connectivity index (χ0n) is 7.91. The normalized spacial score (nSPS) is 11.4. The molecule has 0 rings (SSSR count). The highest BCUT2D eigenvalue weighted by atomic mass is 16.4. The Bertz CT molecular complexity index is 247. The number of amides is 1. The fraction of sp³-hybridized carbons (Fsp3) is 0.625. The molecule has 1 atom stereocenters. The topological polar surface area (TPSA) is 102 Å². The summed E-state index contributed by atoms with van der Waals surface area (Å²) < 4.78 is 0. The van der Waals surface area contributed by atoms with Crippen LogP contribution in [0.25, 0.3) is 0 Å². The van der Waals surface area contributed by atoms with Gasteiger partial charge < -0.3 is 10.4 Å². The van der Waals surface area contributed by atoms with E-state index in [1.165, 1.54) is 6.92 Å². The van der Waals surface area contributed by atoms with Crippen molar-refractivity contribution in [1.29, 1.82) is 5.26 Å². The monoisotopic (exact) mass is 199 g/mol. The molecule has 3 N–H and O–H groups in total. The number of carboxylic acid groups (broad SMARTS) is 1. The summed E-state index contributed by atoms with van der Waals surface area (Å²) in [6.45, 7) is 1.68. The second kappa shape index (κ2) is 6.86. The summed E-state index contributed by atoms with van der Waals surface area (Å²) in [5.74, 6) is -1.32. The van der Waals surface area contributed by atoms with Crippen molar-refractivity contribution in [3.63, 3.8) is 0 Å². The van der Waals surface area contributed by atoms with Crippen molar-refractivity contribution in [3.05, 3.63) is 0 Å². The predicted molar refractivity (Wildman–Crippen MR) is 48.3 cm³/mol. The number of aliphatic carboxylic acids is 1. The predicted octanol–water partition coefficient (Wildman–Crippen LogP) is -0.921. The lowest BCUT2D eigenvalue weighted by Crippen LogP contribution is -2.41. The van der Waals surface area contributed by atoms with Gasteiger partial charge in [0.05, 0.1) is 19.0 Å². The van der Waals surface area contributed by atoms with Crippen molar-refractivity contribution in [2.24, 2.45) is 0 Å². The van der Waals surface area contributed by atoms with Crippen LogP contribution >= 0.6 is 0 Å². The molecule has 78 valence electrons. The number of nitrogens with zero attached hydrogens (tertiary/aromatic N) is 1. The van der Waals surface area contributed by atoms with Gasteiger partial charge in [-0.3, -0.25) is 14.9 Å². The first-order valence-corrected chi connectivity index (χ1v) is 4.17. The smallest absolute Gasteiger partial charge is 0.320 e. The first kappa shape index (κ1) is 12.4. The molecule has 1 amide bonds. The second-order valence-electron chi connectivity index (χ2n) is 2.70. The van der Waals surface area contributed by atoms with Crippen LogP contribution in [-0.2, 0) is 9.59 Å². The standard InChI is InChI=1S/C8H13N3O3/c1-6(8(13)14)11-5-7(12)10-4-2-3-9/h6,11H,2,4-5H2,1H3,(H,10,12)(H,13,14)/t6-/m1/s1. The molecule has 14 heavy (non-hydrogen) atoms. The maximum absolute atomic E-state index is 11.0. The van der Waals surface area contributed by atoms with Crippen molar-refractivity contribution in [1.82, 2.24) is 10.6 Å². The van der Waals surface area contributed by atoms with Gasteiger partial charge in [0.15, 0.2) is 0 Å². The fourth-order valence-electron chi connectivity index (χ4n) is 0.653. The Hall–Kier alpha value is -1.61. The molecular formula is C8H13N3O3. The van der Waals surface area contributed by atoms with Crippen molar-refractivity contribution >= 4 is 11.9 Å². The average molecular weight is 199 g/mol. The van der Waals surface area contributed by atoms with E-state index in [-0.39, 0.29) is 18.9 Å². The number of nitrogens with one attached hydrogen (secondary N) is 2. The minimum Gasteiger partial charge on any atom is -0.480 e. The van der Waals surface area contributed by atoms with E-state index in [4.69, 9.17) is 10.4 Å². The highest BCUT2D eigenvalue weighted by Gasteiger charge is 2.10. The Morgan fingerprint density at radius 2 is 2.21 bits per heavy atom. The Kier molecular flexibility index (Phi) is 6.07. The molecule has 0 fully saturated rings. The van der Waals surface area contributed by atoms with Gasteiger partial charge in [-0.2, -0.15) is 5.26 Å². The summed E-state index contributed by atoms with van der Waals surface area (Å²) >= 11 is 0. The average Bonchev–Trinajstić information content (AvgIpc) is 2.14. The molecule has 0 spiro atoms. The van der Waals surface area contributed by atoms with Crippen molar-refractivity contribution < 1.29 is 14.7 Å². The van der Waals surface area contributed by atoms with Gasteiger partial charge in [-0.25, -0.2) is 0 Å². The Morgan fingerprint density at radius 3 is 2.71 bits per heavy atom. The van der Waals surface area contributed by atoms with Crippen LogP contribution in [0.1, 0.15) is 13.3 Å². The van der Waals surface area contributed by atoms with Crippen molar-refractivity contribution in [2.75, 3.05) is 13.1 Å². The van der Waals surface area contributed by atoms with E-state index in [2.05, 4.69) is 10.6 Å². The molecular weight excluding hydrogens is 186 g/mol. The summed E-state index contributed by atoms with van der Waals surface area (Å²) in [5, 5.41) is 21.6. The van der Waals surface area contributed by atoms with Gasteiger partial charge in [0.25, 0.3) is 0 Å². The van der Waals surface area contributed by atoms with E-state index >= 15 is 0 Å². The SMILES string of the molecule is C[C@@H](NCC(=O)NCCC#N)C(=O)O. The molecule has 0 aromatic heterocycles. The number of carbonyl (C=O) groups excluding carboxylic acids is 1. The number of carbonyl (C=O) groups is 2. The maximum atomic E-state index is 11.0. The van der Waals surface area contributed by atoms with Crippen LogP contribution in [0, 0.1) is 11.3 Å². The van der Waals surface area contributed by atoms with Gasteiger partial charge in [-0.05, 0) is 6.92 Å². The van der Waals surface area contributed by atoms with E-state index in [9.17, 15) is 9.59 Å². The van der Waals surface area contributed by atoms with E-state index in [1.54, 1.807) is 0 Å². The zero-order valence-corrected chi connectivity index (χ0v) is 7.91. The molecule has 0 aliphatic heterocycles. The van der Waals surface area contributed by atoms with Crippen LogP contribution in [0.3, 0.4) is 0 Å². The molecule has 0 aromatic rings. The number of nitriles is 1. The summed E-state index contributed by atoms with van der Waals surface area (Å²) in [6, 6.07) is 1.12. The lowest BCUT2D eigenvalue weighted by atomic mass is 10.3. The summed E-state index contributed by atoms with van der Waals surface area (Å²) in [7, 11) is 0. The molecule has 6 heteroatoms. The first-order chi connectivity index (χ1) is 6.57.